The molecule has 0 aliphatic rings. The zero-order valence-electron chi connectivity index (χ0n) is 8.75. The first-order chi connectivity index (χ1) is 7.58. The number of hydrogen-bond donors (Lipinski definition) is 2. The summed E-state index contributed by atoms with van der Waals surface area (Å²) in [5, 5.41) is 0. The second-order valence-corrected chi connectivity index (χ2v) is 4.50. The fourth-order valence-corrected chi connectivity index (χ4v) is 2.10. The summed E-state index contributed by atoms with van der Waals surface area (Å²) in [6, 6.07) is 9.53. The lowest BCUT2D eigenvalue weighted by molar-refractivity contribution is 1.23. The third kappa shape index (κ3) is 2.02. The van der Waals surface area contributed by atoms with Crippen molar-refractivity contribution in [3.8, 4) is 11.3 Å². The third-order valence-corrected chi connectivity index (χ3v) is 2.95. The van der Waals surface area contributed by atoms with Crippen LogP contribution in [0, 0.1) is 6.92 Å². The summed E-state index contributed by atoms with van der Waals surface area (Å²) in [5.41, 5.74) is 8.33. The monoisotopic (exact) mass is 278 g/mol. The number of aryl methyl sites for hydroxylation is 1. The average molecular weight is 279 g/mol. The van der Waals surface area contributed by atoms with Crippen molar-refractivity contribution >= 4 is 21.6 Å². The third-order valence-electron chi connectivity index (χ3n) is 2.33. The smallest absolute Gasteiger partial charge is 0.271 e. The van der Waals surface area contributed by atoms with Gasteiger partial charge in [-0.25, -0.2) is 0 Å². The summed E-state index contributed by atoms with van der Waals surface area (Å²) >= 11 is 3.39. The number of nitrogens with one attached hydrogen (secondary N) is 1. The average Bonchev–Trinajstić information content (AvgIpc) is 2.23. The minimum Gasteiger partial charge on any atom is -0.394 e. The van der Waals surface area contributed by atoms with Crippen LogP contribution < -0.4 is 11.3 Å². The van der Waals surface area contributed by atoms with Crippen LogP contribution >= 0.6 is 15.9 Å². The lowest BCUT2D eigenvalue weighted by atomic mass is 10.1. The summed E-state index contributed by atoms with van der Waals surface area (Å²) in [7, 11) is 0. The van der Waals surface area contributed by atoms with Crippen LogP contribution in [-0.4, -0.2) is 4.98 Å². The molecule has 0 spiro atoms. The second-order valence-electron chi connectivity index (χ2n) is 3.65. The molecule has 0 aliphatic carbocycles. The van der Waals surface area contributed by atoms with Gasteiger partial charge in [0.1, 0.15) is 0 Å². The minimum atomic E-state index is -0.264. The van der Waals surface area contributed by atoms with Crippen molar-refractivity contribution in [2.75, 3.05) is 5.73 Å². The van der Waals surface area contributed by atoms with Crippen molar-refractivity contribution in [3.05, 3.63) is 50.7 Å². The summed E-state index contributed by atoms with van der Waals surface area (Å²) in [4.78, 5) is 14.2. The molecule has 3 N–H and O–H groups in total. The Hall–Kier alpha value is -1.55. The normalized spacial score (nSPS) is 10.4. The molecule has 0 saturated heterocycles. The first-order valence-corrected chi connectivity index (χ1v) is 5.62. The fourth-order valence-electron chi connectivity index (χ4n) is 1.53. The van der Waals surface area contributed by atoms with Gasteiger partial charge in [0.05, 0.1) is 11.4 Å². The Kier molecular flexibility index (Phi) is 2.83. The van der Waals surface area contributed by atoms with E-state index in [0.717, 1.165) is 21.3 Å². The van der Waals surface area contributed by atoms with Gasteiger partial charge in [0.15, 0.2) is 0 Å². The number of aromatic nitrogens is 1. The van der Waals surface area contributed by atoms with Gasteiger partial charge in [-0.15, -0.1) is 0 Å². The van der Waals surface area contributed by atoms with E-state index in [0.29, 0.717) is 0 Å². The Bertz CT molecular complexity index is 590. The van der Waals surface area contributed by atoms with E-state index in [2.05, 4.69) is 20.9 Å². The van der Waals surface area contributed by atoms with E-state index in [-0.39, 0.29) is 11.2 Å². The van der Waals surface area contributed by atoms with Gasteiger partial charge >= 0.3 is 0 Å². The predicted molar refractivity (Wildman–Crippen MR) is 69.3 cm³/mol. The Morgan fingerprint density at radius 1 is 1.31 bits per heavy atom. The van der Waals surface area contributed by atoms with Crippen LogP contribution in [0.5, 0.6) is 0 Å². The molecule has 0 aliphatic heterocycles. The molecule has 0 bridgehead atoms. The number of aromatic amines is 1. The summed E-state index contributed by atoms with van der Waals surface area (Å²) in [6.07, 6.45) is 0. The highest BCUT2D eigenvalue weighted by Gasteiger charge is 2.06. The molecule has 0 radical (unpaired) electrons. The van der Waals surface area contributed by atoms with Crippen molar-refractivity contribution in [1.29, 1.82) is 0 Å². The number of rotatable bonds is 1. The van der Waals surface area contributed by atoms with E-state index in [9.17, 15) is 4.79 Å². The molecule has 2 aromatic rings. The lowest BCUT2D eigenvalue weighted by Gasteiger charge is -2.06. The number of nitrogens with two attached hydrogens (primary N) is 1. The number of anilines is 1. The number of H-pyrrole nitrogens is 1. The molecule has 82 valence electrons. The molecule has 1 aromatic heterocycles. The molecule has 0 fully saturated rings. The Balaban J connectivity index is 2.65. The van der Waals surface area contributed by atoms with Crippen molar-refractivity contribution in [3.63, 3.8) is 0 Å². The number of nitrogen functional groups attached to an aromatic ring is 1. The molecule has 0 saturated carbocycles. The fraction of sp³-hybridized carbons (Fsp3) is 0.0833. The van der Waals surface area contributed by atoms with Gasteiger partial charge in [0.2, 0.25) is 0 Å². The van der Waals surface area contributed by atoms with Crippen LogP contribution in [0.4, 0.5) is 5.69 Å². The lowest BCUT2D eigenvalue weighted by Crippen LogP contribution is -2.12. The highest BCUT2D eigenvalue weighted by molar-refractivity contribution is 9.10. The molecular weight excluding hydrogens is 268 g/mol. The molecule has 2 rings (SSSR count). The van der Waals surface area contributed by atoms with Crippen LogP contribution in [0.3, 0.4) is 0 Å². The molecule has 3 nitrogen and oxygen atoms in total. The highest BCUT2D eigenvalue weighted by atomic mass is 79.9. The SMILES string of the molecule is Cc1cccc(-c2[nH]c(=O)c(N)cc2Br)c1. The zero-order valence-corrected chi connectivity index (χ0v) is 10.3. The van der Waals surface area contributed by atoms with Crippen molar-refractivity contribution < 1.29 is 0 Å². The van der Waals surface area contributed by atoms with Crippen LogP contribution in [0.15, 0.2) is 39.6 Å². The van der Waals surface area contributed by atoms with Crippen molar-refractivity contribution in [1.82, 2.24) is 4.98 Å². The van der Waals surface area contributed by atoms with Gasteiger partial charge in [0, 0.05) is 4.47 Å². The topological polar surface area (TPSA) is 58.9 Å². The quantitative estimate of drug-likeness (QED) is 0.843. The van der Waals surface area contributed by atoms with E-state index in [1.165, 1.54) is 0 Å². The summed E-state index contributed by atoms with van der Waals surface area (Å²) in [5.74, 6) is 0. The second kappa shape index (κ2) is 4.14. The van der Waals surface area contributed by atoms with Gasteiger partial charge < -0.3 is 10.7 Å². The van der Waals surface area contributed by atoms with Crippen LogP contribution in [-0.2, 0) is 0 Å². The van der Waals surface area contributed by atoms with Gasteiger partial charge in [-0.2, -0.15) is 0 Å². The molecule has 1 aromatic carbocycles. The first-order valence-electron chi connectivity index (χ1n) is 4.83. The first kappa shape index (κ1) is 11.0. The van der Waals surface area contributed by atoms with Gasteiger partial charge in [-0.05, 0) is 40.5 Å². The molecule has 16 heavy (non-hydrogen) atoms. The van der Waals surface area contributed by atoms with E-state index >= 15 is 0 Å². The summed E-state index contributed by atoms with van der Waals surface area (Å²) in [6.45, 7) is 2.01. The highest BCUT2D eigenvalue weighted by Crippen LogP contribution is 2.26. The van der Waals surface area contributed by atoms with Crippen molar-refractivity contribution in [2.45, 2.75) is 6.92 Å². The van der Waals surface area contributed by atoms with Crippen LogP contribution in [0.25, 0.3) is 11.3 Å². The molecule has 0 amide bonds. The largest absolute Gasteiger partial charge is 0.394 e. The van der Waals surface area contributed by atoms with E-state index < -0.39 is 0 Å². The summed E-state index contributed by atoms with van der Waals surface area (Å²) < 4.78 is 0.787. The number of benzene rings is 1. The Labute approximate surface area is 101 Å². The van der Waals surface area contributed by atoms with Gasteiger partial charge in [-0.3, -0.25) is 4.79 Å². The molecule has 0 unspecified atom stereocenters. The number of halogens is 1. The number of pyridine rings is 1. The van der Waals surface area contributed by atoms with Crippen LogP contribution in [0.2, 0.25) is 0 Å². The van der Waals surface area contributed by atoms with E-state index in [1.54, 1.807) is 6.07 Å². The van der Waals surface area contributed by atoms with E-state index in [1.807, 2.05) is 31.2 Å². The van der Waals surface area contributed by atoms with Crippen molar-refractivity contribution in [2.24, 2.45) is 0 Å². The Morgan fingerprint density at radius 3 is 2.75 bits per heavy atom. The molecule has 4 heteroatoms. The maximum Gasteiger partial charge on any atom is 0.271 e. The molecule has 1 heterocycles. The molecule has 0 atom stereocenters. The zero-order chi connectivity index (χ0) is 11.7. The maximum atomic E-state index is 11.4. The number of hydrogen-bond acceptors (Lipinski definition) is 2. The predicted octanol–water partition coefficient (Wildman–Crippen LogP) is 2.70. The Morgan fingerprint density at radius 2 is 2.06 bits per heavy atom. The van der Waals surface area contributed by atoms with Crippen LogP contribution in [0.1, 0.15) is 5.56 Å². The van der Waals surface area contributed by atoms with Gasteiger partial charge in [-0.1, -0.05) is 23.8 Å². The maximum absolute atomic E-state index is 11.4. The molecular formula is C12H11BrN2O. The van der Waals surface area contributed by atoms with E-state index in [4.69, 9.17) is 5.73 Å². The van der Waals surface area contributed by atoms with Gasteiger partial charge in [0.25, 0.3) is 5.56 Å². The minimum absolute atomic E-state index is 0.211. The standard InChI is InChI=1S/C12H11BrN2O/c1-7-3-2-4-8(5-7)11-9(13)6-10(14)12(16)15-11/h2-6H,14H2,1H3,(H,15,16).